The Morgan fingerprint density at radius 2 is 1.88 bits per heavy atom. The first-order valence-corrected chi connectivity index (χ1v) is 5.46. The van der Waals surface area contributed by atoms with Crippen molar-refractivity contribution in [3.63, 3.8) is 0 Å². The lowest BCUT2D eigenvalue weighted by molar-refractivity contribution is 0.102. The topological polar surface area (TPSA) is 34.9 Å². The summed E-state index contributed by atoms with van der Waals surface area (Å²) in [4.78, 5) is 12.0. The standard InChI is InChI=1S/C11H7BrF2N2O/c1-16-10(9(12)5-15-16)11(17)6-2-7(13)4-8(14)3-6/h2-5H,1H3. The summed E-state index contributed by atoms with van der Waals surface area (Å²) in [6, 6.07) is 2.70. The average molecular weight is 301 g/mol. The molecule has 1 aromatic heterocycles. The molecule has 0 saturated heterocycles. The first-order valence-electron chi connectivity index (χ1n) is 4.67. The van der Waals surface area contributed by atoms with Crippen LogP contribution in [0.3, 0.4) is 0 Å². The first kappa shape index (κ1) is 11.9. The van der Waals surface area contributed by atoms with Gasteiger partial charge in [-0.1, -0.05) is 0 Å². The van der Waals surface area contributed by atoms with Crippen LogP contribution in [-0.4, -0.2) is 15.6 Å². The van der Waals surface area contributed by atoms with Gasteiger partial charge in [-0.3, -0.25) is 9.48 Å². The first-order chi connectivity index (χ1) is 7.99. The van der Waals surface area contributed by atoms with E-state index in [4.69, 9.17) is 0 Å². The van der Waals surface area contributed by atoms with Crippen LogP contribution in [0.2, 0.25) is 0 Å². The fourth-order valence-corrected chi connectivity index (χ4v) is 2.02. The zero-order valence-electron chi connectivity index (χ0n) is 8.75. The Kier molecular flexibility index (Phi) is 3.06. The number of carbonyl (C=O) groups is 1. The van der Waals surface area contributed by atoms with Crippen molar-refractivity contribution in [1.29, 1.82) is 0 Å². The van der Waals surface area contributed by atoms with E-state index in [1.54, 1.807) is 7.05 Å². The van der Waals surface area contributed by atoms with Crippen molar-refractivity contribution in [3.8, 4) is 0 Å². The Morgan fingerprint density at radius 3 is 2.35 bits per heavy atom. The highest BCUT2D eigenvalue weighted by atomic mass is 79.9. The van der Waals surface area contributed by atoms with Crippen molar-refractivity contribution < 1.29 is 13.6 Å². The molecular weight excluding hydrogens is 294 g/mol. The fourth-order valence-electron chi connectivity index (χ4n) is 1.49. The van der Waals surface area contributed by atoms with Gasteiger partial charge in [0.2, 0.25) is 5.78 Å². The van der Waals surface area contributed by atoms with Gasteiger partial charge in [-0.2, -0.15) is 5.10 Å². The van der Waals surface area contributed by atoms with E-state index in [-0.39, 0.29) is 11.3 Å². The Bertz CT molecular complexity index is 555. The number of carbonyl (C=O) groups excluding carboxylic acids is 1. The molecule has 0 amide bonds. The van der Waals surface area contributed by atoms with Gasteiger partial charge >= 0.3 is 0 Å². The molecule has 0 aliphatic rings. The molecule has 0 aliphatic heterocycles. The number of hydrogen-bond donors (Lipinski definition) is 0. The predicted octanol–water partition coefficient (Wildman–Crippen LogP) is 2.69. The van der Waals surface area contributed by atoms with E-state index in [0.29, 0.717) is 4.47 Å². The summed E-state index contributed by atoms with van der Waals surface area (Å²) in [5, 5.41) is 3.87. The van der Waals surface area contributed by atoms with Gasteiger partial charge in [-0.15, -0.1) is 0 Å². The van der Waals surface area contributed by atoms with Crippen molar-refractivity contribution in [2.75, 3.05) is 0 Å². The van der Waals surface area contributed by atoms with Crippen LogP contribution in [0.4, 0.5) is 8.78 Å². The highest BCUT2D eigenvalue weighted by molar-refractivity contribution is 9.10. The normalized spacial score (nSPS) is 10.6. The van der Waals surface area contributed by atoms with E-state index in [9.17, 15) is 13.6 Å². The van der Waals surface area contributed by atoms with Crippen LogP contribution in [0.25, 0.3) is 0 Å². The Balaban J connectivity index is 2.51. The summed E-state index contributed by atoms with van der Waals surface area (Å²) >= 11 is 3.16. The molecule has 0 unspecified atom stereocenters. The van der Waals surface area contributed by atoms with Crippen molar-refractivity contribution >= 4 is 21.7 Å². The van der Waals surface area contributed by atoms with E-state index in [2.05, 4.69) is 21.0 Å². The second-order valence-electron chi connectivity index (χ2n) is 3.45. The molecule has 17 heavy (non-hydrogen) atoms. The van der Waals surface area contributed by atoms with Crippen LogP contribution >= 0.6 is 15.9 Å². The molecule has 0 N–H and O–H groups in total. The molecule has 1 aromatic carbocycles. The summed E-state index contributed by atoms with van der Waals surface area (Å²) in [7, 11) is 1.58. The highest BCUT2D eigenvalue weighted by Gasteiger charge is 2.18. The van der Waals surface area contributed by atoms with E-state index in [1.807, 2.05) is 0 Å². The van der Waals surface area contributed by atoms with Crippen LogP contribution in [0.1, 0.15) is 16.1 Å². The summed E-state index contributed by atoms with van der Waals surface area (Å²) in [6.07, 6.45) is 1.45. The maximum atomic E-state index is 13.0. The van der Waals surface area contributed by atoms with Crippen molar-refractivity contribution in [3.05, 3.63) is 51.8 Å². The molecule has 0 saturated carbocycles. The van der Waals surface area contributed by atoms with Crippen LogP contribution in [0, 0.1) is 11.6 Å². The summed E-state index contributed by atoms with van der Waals surface area (Å²) in [5.74, 6) is -2.06. The Morgan fingerprint density at radius 1 is 1.29 bits per heavy atom. The number of hydrogen-bond acceptors (Lipinski definition) is 2. The average Bonchev–Trinajstić information content (AvgIpc) is 2.56. The van der Waals surface area contributed by atoms with Gasteiger partial charge in [0.05, 0.1) is 10.7 Å². The molecular formula is C11H7BrF2N2O. The lowest BCUT2D eigenvalue weighted by atomic mass is 10.1. The van der Waals surface area contributed by atoms with Gasteiger partial charge in [0.15, 0.2) is 0 Å². The number of aromatic nitrogens is 2. The quantitative estimate of drug-likeness (QED) is 0.799. The van der Waals surface area contributed by atoms with Crippen LogP contribution in [-0.2, 0) is 7.05 Å². The van der Waals surface area contributed by atoms with Gasteiger partial charge in [0.1, 0.15) is 17.3 Å². The van der Waals surface area contributed by atoms with Crippen LogP contribution in [0.5, 0.6) is 0 Å². The molecule has 0 bridgehead atoms. The van der Waals surface area contributed by atoms with Gasteiger partial charge in [0, 0.05) is 18.7 Å². The number of halogens is 3. The second-order valence-corrected chi connectivity index (χ2v) is 4.31. The van der Waals surface area contributed by atoms with Gasteiger partial charge < -0.3 is 0 Å². The molecule has 0 radical (unpaired) electrons. The summed E-state index contributed by atoms with van der Waals surface area (Å²) in [5.41, 5.74) is 0.196. The number of aryl methyl sites for hydroxylation is 1. The molecule has 6 heteroatoms. The largest absolute Gasteiger partial charge is 0.287 e. The number of ketones is 1. The minimum atomic E-state index is -0.786. The molecule has 1 heterocycles. The SMILES string of the molecule is Cn1ncc(Br)c1C(=O)c1cc(F)cc(F)c1. The van der Waals surface area contributed by atoms with E-state index < -0.39 is 17.4 Å². The number of benzene rings is 1. The molecule has 2 aromatic rings. The third-order valence-electron chi connectivity index (χ3n) is 2.23. The fraction of sp³-hybridized carbons (Fsp3) is 0.0909. The van der Waals surface area contributed by atoms with Gasteiger partial charge in [0.25, 0.3) is 0 Å². The molecule has 0 fully saturated rings. The van der Waals surface area contributed by atoms with E-state index in [1.165, 1.54) is 10.9 Å². The molecule has 0 aliphatic carbocycles. The van der Waals surface area contributed by atoms with Crippen LogP contribution < -0.4 is 0 Å². The smallest absolute Gasteiger partial charge is 0.212 e. The number of rotatable bonds is 2. The van der Waals surface area contributed by atoms with Crippen LogP contribution in [0.15, 0.2) is 28.9 Å². The van der Waals surface area contributed by atoms with Gasteiger partial charge in [-0.05, 0) is 28.1 Å². The molecule has 2 rings (SSSR count). The minimum Gasteiger partial charge on any atom is -0.287 e. The monoisotopic (exact) mass is 300 g/mol. The Labute approximate surface area is 104 Å². The summed E-state index contributed by atoms with van der Waals surface area (Å²) in [6.45, 7) is 0. The zero-order valence-corrected chi connectivity index (χ0v) is 10.3. The lowest BCUT2D eigenvalue weighted by Gasteiger charge is -2.03. The maximum Gasteiger partial charge on any atom is 0.212 e. The predicted molar refractivity (Wildman–Crippen MR) is 60.7 cm³/mol. The second kappa shape index (κ2) is 4.37. The third kappa shape index (κ3) is 2.26. The molecule has 3 nitrogen and oxygen atoms in total. The van der Waals surface area contributed by atoms with Crippen molar-refractivity contribution in [1.82, 2.24) is 9.78 Å². The highest BCUT2D eigenvalue weighted by Crippen LogP contribution is 2.20. The maximum absolute atomic E-state index is 13.0. The molecule has 0 atom stereocenters. The van der Waals surface area contributed by atoms with Crippen molar-refractivity contribution in [2.24, 2.45) is 7.05 Å². The summed E-state index contributed by atoms with van der Waals surface area (Å²) < 4.78 is 27.8. The van der Waals surface area contributed by atoms with Crippen molar-refractivity contribution in [2.45, 2.75) is 0 Å². The zero-order chi connectivity index (χ0) is 12.6. The third-order valence-corrected chi connectivity index (χ3v) is 2.81. The van der Waals surface area contributed by atoms with E-state index >= 15 is 0 Å². The van der Waals surface area contributed by atoms with E-state index in [0.717, 1.165) is 18.2 Å². The Hall–Kier alpha value is -1.56. The van der Waals surface area contributed by atoms with Gasteiger partial charge in [-0.25, -0.2) is 8.78 Å². The minimum absolute atomic E-state index is 0.0493. The lowest BCUT2D eigenvalue weighted by Crippen LogP contribution is -2.09. The molecule has 0 spiro atoms. The number of nitrogens with zero attached hydrogens (tertiary/aromatic N) is 2. The molecule has 88 valence electrons.